The SMILES string of the molecule is Cc1cccc(C)c1-n1c(C)nc2c1-c1ccccc1B1C=CC=CN12. The van der Waals surface area contributed by atoms with Crippen LogP contribution in [-0.2, 0) is 0 Å². The molecular formula is C22H20BN3. The van der Waals surface area contributed by atoms with Crippen LogP contribution in [0.3, 0.4) is 0 Å². The molecule has 0 spiro atoms. The number of aryl methyl sites for hydroxylation is 3. The Labute approximate surface area is 154 Å². The second kappa shape index (κ2) is 5.50. The van der Waals surface area contributed by atoms with Crippen LogP contribution in [0.15, 0.2) is 66.8 Å². The van der Waals surface area contributed by atoms with Crippen molar-refractivity contribution in [1.82, 2.24) is 9.55 Å². The summed E-state index contributed by atoms with van der Waals surface area (Å²) in [5, 5.41) is 0. The highest BCUT2D eigenvalue weighted by Crippen LogP contribution is 2.39. The summed E-state index contributed by atoms with van der Waals surface area (Å²) in [5.74, 6) is 4.30. The van der Waals surface area contributed by atoms with E-state index in [4.69, 9.17) is 4.98 Å². The molecule has 4 heteroatoms. The number of imidazole rings is 1. The van der Waals surface area contributed by atoms with Gasteiger partial charge in [-0.15, -0.1) is 0 Å². The van der Waals surface area contributed by atoms with Crippen LogP contribution in [0.25, 0.3) is 16.9 Å². The van der Waals surface area contributed by atoms with Crippen LogP contribution in [0.5, 0.6) is 0 Å². The Morgan fingerprint density at radius 2 is 1.65 bits per heavy atom. The van der Waals surface area contributed by atoms with Crippen LogP contribution < -0.4 is 10.3 Å². The summed E-state index contributed by atoms with van der Waals surface area (Å²) < 4.78 is 2.33. The van der Waals surface area contributed by atoms with Gasteiger partial charge in [-0.05, 0) is 55.2 Å². The molecule has 26 heavy (non-hydrogen) atoms. The first-order valence-corrected chi connectivity index (χ1v) is 9.05. The van der Waals surface area contributed by atoms with Crippen LogP contribution in [0.4, 0.5) is 5.82 Å². The van der Waals surface area contributed by atoms with Gasteiger partial charge in [0, 0.05) is 0 Å². The average Bonchev–Trinajstić information content (AvgIpc) is 2.99. The number of fused-ring (bicyclic) bond motifs is 6. The summed E-state index contributed by atoms with van der Waals surface area (Å²) in [7, 11) is 0. The van der Waals surface area contributed by atoms with Gasteiger partial charge < -0.3 is 4.81 Å². The molecule has 0 aliphatic carbocycles. The van der Waals surface area contributed by atoms with Gasteiger partial charge >= 0.3 is 6.85 Å². The van der Waals surface area contributed by atoms with Crippen molar-refractivity contribution in [3.63, 3.8) is 0 Å². The number of aromatic nitrogens is 2. The molecule has 2 aromatic carbocycles. The number of nitrogens with zero attached hydrogens (tertiary/aromatic N) is 3. The summed E-state index contributed by atoms with van der Waals surface area (Å²) in [4.78, 5) is 7.28. The van der Waals surface area contributed by atoms with Crippen LogP contribution in [-0.4, -0.2) is 16.4 Å². The Balaban J connectivity index is 1.88. The summed E-state index contributed by atoms with van der Waals surface area (Å²) in [6.07, 6.45) is 6.35. The summed E-state index contributed by atoms with van der Waals surface area (Å²) in [6, 6.07) is 15.2. The minimum absolute atomic E-state index is 0.212. The molecule has 3 nitrogen and oxygen atoms in total. The molecule has 126 valence electrons. The molecule has 0 atom stereocenters. The van der Waals surface area contributed by atoms with E-state index in [0.29, 0.717) is 0 Å². The van der Waals surface area contributed by atoms with Crippen LogP contribution >= 0.6 is 0 Å². The van der Waals surface area contributed by atoms with Gasteiger partial charge in [0.15, 0.2) is 0 Å². The third-order valence-corrected chi connectivity index (χ3v) is 5.42. The molecule has 3 heterocycles. The number of para-hydroxylation sites is 1. The quantitative estimate of drug-likeness (QED) is 0.623. The number of hydrogen-bond donors (Lipinski definition) is 0. The van der Waals surface area contributed by atoms with E-state index in [2.05, 4.69) is 96.9 Å². The first-order valence-electron chi connectivity index (χ1n) is 9.05. The highest BCUT2D eigenvalue weighted by molar-refractivity contribution is 6.83. The normalized spacial score (nSPS) is 14.3. The molecule has 0 bridgehead atoms. The van der Waals surface area contributed by atoms with Gasteiger partial charge in [-0.25, -0.2) is 4.98 Å². The van der Waals surface area contributed by atoms with Gasteiger partial charge in [-0.1, -0.05) is 54.5 Å². The van der Waals surface area contributed by atoms with E-state index < -0.39 is 0 Å². The highest BCUT2D eigenvalue weighted by Gasteiger charge is 2.37. The van der Waals surface area contributed by atoms with Gasteiger partial charge in [0.05, 0.1) is 11.4 Å². The molecule has 2 aliphatic rings. The molecule has 0 fully saturated rings. The smallest absolute Gasteiger partial charge is 0.322 e. The van der Waals surface area contributed by atoms with E-state index in [1.165, 1.54) is 33.5 Å². The standard InChI is InChI=1S/C22H20BN3/c1-15-9-8-10-16(2)20(15)26-17(3)24-22-21(26)18-11-4-5-12-19(18)23-13-6-7-14-25(22)23/h4-14H,1-3H3. The fourth-order valence-electron chi connectivity index (χ4n) is 4.29. The second-order valence-corrected chi connectivity index (χ2v) is 7.07. The third kappa shape index (κ3) is 1.99. The minimum atomic E-state index is 0.212. The largest absolute Gasteiger partial charge is 0.366 e. The Morgan fingerprint density at radius 1 is 0.885 bits per heavy atom. The molecule has 0 unspecified atom stereocenters. The Kier molecular flexibility index (Phi) is 3.23. The first-order chi connectivity index (χ1) is 12.7. The molecule has 0 saturated heterocycles. The lowest BCUT2D eigenvalue weighted by Crippen LogP contribution is -2.49. The molecule has 0 N–H and O–H groups in total. The predicted octanol–water partition coefficient (Wildman–Crippen LogP) is 4.11. The maximum Gasteiger partial charge on any atom is 0.322 e. The van der Waals surface area contributed by atoms with Gasteiger partial charge in [-0.3, -0.25) is 4.57 Å². The van der Waals surface area contributed by atoms with Crippen molar-refractivity contribution in [1.29, 1.82) is 0 Å². The number of hydrogen-bond acceptors (Lipinski definition) is 2. The van der Waals surface area contributed by atoms with Gasteiger partial charge in [0.2, 0.25) is 0 Å². The Hall–Kier alpha value is -3.01. The number of allylic oxidation sites excluding steroid dienone is 2. The van der Waals surface area contributed by atoms with Gasteiger partial charge in [0.25, 0.3) is 0 Å². The maximum absolute atomic E-state index is 5.00. The summed E-state index contributed by atoms with van der Waals surface area (Å²) in [5.41, 5.74) is 7.55. The molecule has 0 saturated carbocycles. The Bertz CT molecular complexity index is 1070. The van der Waals surface area contributed by atoms with Gasteiger partial charge in [-0.2, -0.15) is 0 Å². The third-order valence-electron chi connectivity index (χ3n) is 5.42. The maximum atomic E-state index is 5.00. The van der Waals surface area contributed by atoms with E-state index in [1.807, 2.05) is 0 Å². The van der Waals surface area contributed by atoms with Crippen molar-refractivity contribution in [3.8, 4) is 16.9 Å². The van der Waals surface area contributed by atoms with E-state index in [1.54, 1.807) is 0 Å². The van der Waals surface area contributed by atoms with Gasteiger partial charge in [0.1, 0.15) is 11.6 Å². The number of anilines is 1. The molecular weight excluding hydrogens is 317 g/mol. The van der Waals surface area contributed by atoms with Crippen molar-refractivity contribution in [2.75, 3.05) is 4.81 Å². The molecule has 5 rings (SSSR count). The van der Waals surface area contributed by atoms with Crippen molar-refractivity contribution in [2.45, 2.75) is 20.8 Å². The van der Waals surface area contributed by atoms with Crippen LogP contribution in [0, 0.1) is 20.8 Å². The number of rotatable bonds is 1. The zero-order chi connectivity index (χ0) is 17.8. The van der Waals surface area contributed by atoms with Crippen molar-refractivity contribution in [3.05, 3.63) is 83.7 Å². The fraction of sp³-hybridized carbons (Fsp3) is 0.136. The van der Waals surface area contributed by atoms with Crippen molar-refractivity contribution < 1.29 is 0 Å². The molecule has 0 amide bonds. The topological polar surface area (TPSA) is 21.1 Å². The van der Waals surface area contributed by atoms with Crippen LogP contribution in [0.2, 0.25) is 0 Å². The highest BCUT2D eigenvalue weighted by atomic mass is 15.2. The predicted molar refractivity (Wildman–Crippen MR) is 109 cm³/mol. The minimum Gasteiger partial charge on any atom is -0.366 e. The summed E-state index contributed by atoms with van der Waals surface area (Å²) >= 11 is 0. The summed E-state index contributed by atoms with van der Waals surface area (Å²) in [6.45, 7) is 6.67. The lowest BCUT2D eigenvalue weighted by Gasteiger charge is -2.33. The first kappa shape index (κ1) is 15.3. The van der Waals surface area contributed by atoms with E-state index in [-0.39, 0.29) is 6.85 Å². The van der Waals surface area contributed by atoms with Crippen molar-refractivity contribution in [2.24, 2.45) is 0 Å². The molecule has 3 aromatic rings. The number of benzene rings is 2. The molecule has 1 aromatic heterocycles. The lowest BCUT2D eigenvalue weighted by molar-refractivity contribution is 0.960. The second-order valence-electron chi connectivity index (χ2n) is 7.07. The van der Waals surface area contributed by atoms with Crippen molar-refractivity contribution >= 4 is 18.1 Å². The van der Waals surface area contributed by atoms with Crippen LogP contribution in [0.1, 0.15) is 17.0 Å². The van der Waals surface area contributed by atoms with E-state index in [9.17, 15) is 0 Å². The Morgan fingerprint density at radius 3 is 2.46 bits per heavy atom. The monoisotopic (exact) mass is 337 g/mol. The van der Waals surface area contributed by atoms with E-state index >= 15 is 0 Å². The molecule has 2 aliphatic heterocycles. The zero-order valence-electron chi connectivity index (χ0n) is 15.3. The average molecular weight is 337 g/mol. The van der Waals surface area contributed by atoms with E-state index in [0.717, 1.165) is 11.6 Å². The fourth-order valence-corrected chi connectivity index (χ4v) is 4.29. The lowest BCUT2D eigenvalue weighted by atomic mass is 9.50. The zero-order valence-corrected chi connectivity index (χ0v) is 15.3. The molecule has 0 radical (unpaired) electrons.